The SMILES string of the molecule is CCc1cnc(N2CCC(Oc3ccc(CN4CCN(S(C)(=O)=O)CC4C)cc3Cl)CC2)nc1. The highest BCUT2D eigenvalue weighted by Gasteiger charge is 2.29. The zero-order chi connectivity index (χ0) is 24.3. The van der Waals surface area contributed by atoms with E-state index in [1.807, 2.05) is 24.5 Å². The van der Waals surface area contributed by atoms with Crippen LogP contribution in [0.5, 0.6) is 5.75 Å². The van der Waals surface area contributed by atoms with Crippen LogP contribution in [-0.2, 0) is 23.0 Å². The van der Waals surface area contributed by atoms with E-state index in [1.54, 1.807) is 4.31 Å². The van der Waals surface area contributed by atoms with Crippen molar-refractivity contribution in [2.24, 2.45) is 0 Å². The summed E-state index contributed by atoms with van der Waals surface area (Å²) < 4.78 is 31.4. The number of ether oxygens (including phenoxy) is 1. The molecule has 4 rings (SSSR count). The van der Waals surface area contributed by atoms with Crippen molar-refractivity contribution >= 4 is 27.6 Å². The van der Waals surface area contributed by atoms with Gasteiger partial charge in [-0.2, -0.15) is 4.31 Å². The topological polar surface area (TPSA) is 78.9 Å². The molecule has 10 heteroatoms. The van der Waals surface area contributed by atoms with Crippen molar-refractivity contribution in [1.29, 1.82) is 0 Å². The van der Waals surface area contributed by atoms with E-state index in [0.717, 1.165) is 56.0 Å². The molecule has 2 aliphatic rings. The molecular weight excluding hydrogens is 474 g/mol. The number of hydrogen-bond acceptors (Lipinski definition) is 7. The van der Waals surface area contributed by atoms with Crippen LogP contribution in [0.3, 0.4) is 0 Å². The van der Waals surface area contributed by atoms with E-state index in [2.05, 4.69) is 39.7 Å². The monoisotopic (exact) mass is 507 g/mol. The molecule has 0 aliphatic carbocycles. The molecular formula is C24H34ClN5O3S. The molecule has 1 atom stereocenters. The van der Waals surface area contributed by atoms with Crippen molar-refractivity contribution < 1.29 is 13.2 Å². The Morgan fingerprint density at radius 2 is 1.79 bits per heavy atom. The molecule has 1 unspecified atom stereocenters. The molecule has 0 radical (unpaired) electrons. The Kier molecular flexibility index (Phi) is 7.97. The predicted octanol–water partition coefficient (Wildman–Crippen LogP) is 3.21. The lowest BCUT2D eigenvalue weighted by Gasteiger charge is -2.38. The molecule has 2 saturated heterocycles. The Morgan fingerprint density at radius 1 is 1.09 bits per heavy atom. The lowest BCUT2D eigenvalue weighted by Crippen LogP contribution is -2.52. The predicted molar refractivity (Wildman–Crippen MR) is 135 cm³/mol. The molecule has 0 amide bonds. The summed E-state index contributed by atoms with van der Waals surface area (Å²) in [5, 5.41) is 0.612. The highest BCUT2D eigenvalue weighted by atomic mass is 35.5. The first kappa shape index (κ1) is 25.2. The standard InChI is InChI=1S/C24H34ClN5O3S/c1-4-19-14-26-24(27-15-19)28-9-7-21(8-10-28)33-23-6-5-20(13-22(23)25)17-29-11-12-30(16-18(29)2)34(3,31)32/h5-6,13-15,18,21H,4,7-12,16-17H2,1-3H3. The molecule has 2 aliphatic heterocycles. The zero-order valence-electron chi connectivity index (χ0n) is 20.2. The number of anilines is 1. The average molecular weight is 508 g/mol. The fourth-order valence-corrected chi connectivity index (χ4v) is 5.67. The first-order chi connectivity index (χ1) is 16.2. The highest BCUT2D eigenvalue weighted by Crippen LogP contribution is 2.30. The van der Waals surface area contributed by atoms with Gasteiger partial charge in [0.1, 0.15) is 11.9 Å². The number of hydrogen-bond donors (Lipinski definition) is 0. The number of aromatic nitrogens is 2. The highest BCUT2D eigenvalue weighted by molar-refractivity contribution is 7.88. The third kappa shape index (κ3) is 6.19. The van der Waals surface area contributed by atoms with Gasteiger partial charge < -0.3 is 9.64 Å². The second kappa shape index (κ2) is 10.8. The summed E-state index contributed by atoms with van der Waals surface area (Å²) in [5.74, 6) is 1.49. The van der Waals surface area contributed by atoms with Gasteiger partial charge in [-0.1, -0.05) is 24.6 Å². The van der Waals surface area contributed by atoms with Gasteiger partial charge in [0, 0.05) is 70.5 Å². The Hall–Kier alpha value is -1.94. The number of piperidine rings is 1. The second-order valence-corrected chi connectivity index (χ2v) is 11.6. The molecule has 1 aromatic carbocycles. The molecule has 0 bridgehead atoms. The first-order valence-corrected chi connectivity index (χ1v) is 14.2. The van der Waals surface area contributed by atoms with E-state index in [-0.39, 0.29) is 12.1 Å². The van der Waals surface area contributed by atoms with Crippen LogP contribution < -0.4 is 9.64 Å². The molecule has 1 aromatic heterocycles. The Bertz CT molecular complexity index is 1070. The number of halogens is 1. The van der Waals surface area contributed by atoms with Crippen LogP contribution in [0.4, 0.5) is 5.95 Å². The Balaban J connectivity index is 1.29. The lowest BCUT2D eigenvalue weighted by molar-refractivity contribution is 0.122. The van der Waals surface area contributed by atoms with E-state index in [1.165, 1.54) is 6.26 Å². The minimum atomic E-state index is -3.14. The van der Waals surface area contributed by atoms with Gasteiger partial charge >= 0.3 is 0 Å². The molecule has 2 fully saturated rings. The van der Waals surface area contributed by atoms with Crippen LogP contribution in [-0.4, -0.2) is 78.7 Å². The summed E-state index contributed by atoms with van der Waals surface area (Å²) in [7, 11) is -3.14. The van der Waals surface area contributed by atoms with Crippen LogP contribution in [0.15, 0.2) is 30.6 Å². The lowest BCUT2D eigenvalue weighted by atomic mass is 10.1. The third-order valence-electron chi connectivity index (χ3n) is 6.70. The molecule has 0 saturated carbocycles. The Morgan fingerprint density at radius 3 is 2.38 bits per heavy atom. The summed E-state index contributed by atoms with van der Waals surface area (Å²) in [4.78, 5) is 13.5. The molecule has 186 valence electrons. The van der Waals surface area contributed by atoms with Gasteiger partial charge in [0.15, 0.2) is 0 Å². The minimum Gasteiger partial charge on any atom is -0.489 e. The van der Waals surface area contributed by atoms with Gasteiger partial charge in [0.2, 0.25) is 16.0 Å². The fraction of sp³-hybridized carbons (Fsp3) is 0.583. The molecule has 34 heavy (non-hydrogen) atoms. The van der Waals surface area contributed by atoms with Gasteiger partial charge in [-0.25, -0.2) is 18.4 Å². The summed E-state index contributed by atoms with van der Waals surface area (Å²) >= 11 is 6.58. The van der Waals surface area contributed by atoms with Crippen molar-refractivity contribution in [3.63, 3.8) is 0 Å². The number of nitrogens with zero attached hydrogens (tertiary/aromatic N) is 5. The van der Waals surface area contributed by atoms with Crippen molar-refractivity contribution in [3.05, 3.63) is 46.7 Å². The smallest absolute Gasteiger partial charge is 0.225 e. The normalized spacial score (nSPS) is 21.1. The van der Waals surface area contributed by atoms with E-state index < -0.39 is 10.0 Å². The Labute approximate surface area is 207 Å². The molecule has 0 N–H and O–H groups in total. The van der Waals surface area contributed by atoms with Gasteiger partial charge in [-0.15, -0.1) is 0 Å². The number of rotatable bonds is 7. The van der Waals surface area contributed by atoms with Crippen LogP contribution in [0.25, 0.3) is 0 Å². The molecule has 2 aromatic rings. The third-order valence-corrected chi connectivity index (χ3v) is 8.26. The number of sulfonamides is 1. The van der Waals surface area contributed by atoms with Gasteiger partial charge in [0.05, 0.1) is 11.3 Å². The average Bonchev–Trinajstić information content (AvgIpc) is 2.82. The van der Waals surface area contributed by atoms with Gasteiger partial charge in [-0.05, 0) is 36.6 Å². The second-order valence-electron chi connectivity index (χ2n) is 9.25. The number of aryl methyl sites for hydroxylation is 1. The summed E-state index contributed by atoms with van der Waals surface area (Å²) in [6.07, 6.45) is 7.90. The maximum atomic E-state index is 11.8. The maximum Gasteiger partial charge on any atom is 0.225 e. The minimum absolute atomic E-state index is 0.110. The van der Waals surface area contributed by atoms with Gasteiger partial charge in [0.25, 0.3) is 0 Å². The zero-order valence-corrected chi connectivity index (χ0v) is 21.7. The van der Waals surface area contributed by atoms with E-state index in [4.69, 9.17) is 16.3 Å². The van der Waals surface area contributed by atoms with E-state index in [0.29, 0.717) is 30.4 Å². The van der Waals surface area contributed by atoms with E-state index in [9.17, 15) is 8.42 Å². The molecule has 8 nitrogen and oxygen atoms in total. The molecule has 0 spiro atoms. The van der Waals surface area contributed by atoms with Crippen LogP contribution in [0.2, 0.25) is 5.02 Å². The van der Waals surface area contributed by atoms with Crippen molar-refractivity contribution in [1.82, 2.24) is 19.2 Å². The summed E-state index contributed by atoms with van der Waals surface area (Å²) in [6, 6.07) is 6.11. The van der Waals surface area contributed by atoms with Crippen molar-refractivity contribution in [2.75, 3.05) is 43.9 Å². The largest absolute Gasteiger partial charge is 0.489 e. The summed E-state index contributed by atoms with van der Waals surface area (Å²) in [6.45, 7) is 8.33. The van der Waals surface area contributed by atoms with Crippen LogP contribution in [0.1, 0.15) is 37.8 Å². The molecule has 3 heterocycles. The first-order valence-electron chi connectivity index (χ1n) is 11.9. The fourth-order valence-electron chi connectivity index (χ4n) is 4.52. The summed E-state index contributed by atoms with van der Waals surface area (Å²) in [5.41, 5.74) is 2.24. The van der Waals surface area contributed by atoms with Crippen LogP contribution >= 0.6 is 11.6 Å². The van der Waals surface area contributed by atoms with Gasteiger partial charge in [-0.3, -0.25) is 4.90 Å². The number of benzene rings is 1. The van der Waals surface area contributed by atoms with Crippen LogP contribution in [0, 0.1) is 0 Å². The maximum absolute atomic E-state index is 11.8. The number of piperazine rings is 1. The van der Waals surface area contributed by atoms with E-state index >= 15 is 0 Å². The van der Waals surface area contributed by atoms with Crippen molar-refractivity contribution in [2.45, 2.75) is 51.8 Å². The quantitative estimate of drug-likeness (QED) is 0.569. The van der Waals surface area contributed by atoms with Crippen molar-refractivity contribution in [3.8, 4) is 5.75 Å².